The van der Waals surface area contributed by atoms with E-state index in [1.807, 2.05) is 18.2 Å². The Kier molecular flexibility index (Phi) is 5.12. The van der Waals surface area contributed by atoms with Gasteiger partial charge in [-0.3, -0.25) is 18.7 Å². The van der Waals surface area contributed by atoms with Gasteiger partial charge in [0.05, 0.1) is 18.5 Å². The molecule has 0 amide bonds. The topological polar surface area (TPSA) is 73.3 Å². The van der Waals surface area contributed by atoms with Crippen LogP contribution in [0.1, 0.15) is 37.5 Å². The molecule has 2 aliphatic heterocycles. The molecule has 0 aromatic carbocycles. The molecule has 7 heteroatoms. The van der Waals surface area contributed by atoms with Crippen molar-refractivity contribution < 1.29 is 4.42 Å². The molecule has 7 nitrogen and oxygen atoms in total. The van der Waals surface area contributed by atoms with Crippen LogP contribution in [0, 0.1) is 5.92 Å². The van der Waals surface area contributed by atoms with Crippen molar-refractivity contribution in [1.82, 2.24) is 19.0 Å². The van der Waals surface area contributed by atoms with Gasteiger partial charge in [0, 0.05) is 19.2 Å². The predicted octanol–water partition coefficient (Wildman–Crippen LogP) is 2.91. The molecule has 1 fully saturated rings. The lowest BCUT2D eigenvalue weighted by Crippen LogP contribution is -2.39. The van der Waals surface area contributed by atoms with E-state index in [-0.39, 0.29) is 17.2 Å². The van der Waals surface area contributed by atoms with Crippen molar-refractivity contribution >= 4 is 17.2 Å². The highest BCUT2D eigenvalue weighted by atomic mass is 16.3. The Labute approximate surface area is 174 Å². The van der Waals surface area contributed by atoms with Crippen LogP contribution >= 0.6 is 0 Å². The quantitative estimate of drug-likeness (QED) is 0.629. The van der Waals surface area contributed by atoms with Crippen LogP contribution in [0.25, 0.3) is 17.2 Å². The average Bonchev–Trinajstić information content (AvgIpc) is 3.40. The van der Waals surface area contributed by atoms with Gasteiger partial charge in [-0.05, 0) is 69.0 Å². The summed E-state index contributed by atoms with van der Waals surface area (Å²) < 4.78 is 8.79. The van der Waals surface area contributed by atoms with E-state index in [1.54, 1.807) is 27.5 Å². The number of hydrogen-bond acceptors (Lipinski definition) is 5. The second-order valence-electron chi connectivity index (χ2n) is 8.35. The van der Waals surface area contributed by atoms with Gasteiger partial charge in [-0.1, -0.05) is 6.08 Å². The van der Waals surface area contributed by atoms with Gasteiger partial charge in [0.1, 0.15) is 16.9 Å². The van der Waals surface area contributed by atoms with Crippen molar-refractivity contribution in [2.24, 2.45) is 5.92 Å². The highest BCUT2D eigenvalue weighted by Crippen LogP contribution is 2.27. The summed E-state index contributed by atoms with van der Waals surface area (Å²) >= 11 is 0. The number of likely N-dealkylation sites (tertiary alicyclic amines) is 1. The number of hydrogen-bond donors (Lipinski definition) is 0. The van der Waals surface area contributed by atoms with Crippen LogP contribution in [0.4, 0.5) is 0 Å². The van der Waals surface area contributed by atoms with E-state index in [0.717, 1.165) is 37.7 Å². The van der Waals surface area contributed by atoms with Crippen molar-refractivity contribution in [2.45, 2.75) is 38.3 Å². The second-order valence-corrected chi connectivity index (χ2v) is 8.35. The Bertz CT molecular complexity index is 1160. The molecule has 0 saturated carbocycles. The van der Waals surface area contributed by atoms with Crippen molar-refractivity contribution in [2.75, 3.05) is 19.6 Å². The Morgan fingerprint density at radius 2 is 2.00 bits per heavy atom. The number of piperidine rings is 1. The number of furan rings is 1. The summed E-state index contributed by atoms with van der Waals surface area (Å²) in [4.78, 5) is 31.4. The van der Waals surface area contributed by atoms with E-state index >= 15 is 0 Å². The molecule has 3 aromatic heterocycles. The zero-order valence-corrected chi connectivity index (χ0v) is 16.9. The molecule has 0 bridgehead atoms. The Balaban J connectivity index is 1.18. The fourth-order valence-electron chi connectivity index (χ4n) is 4.84. The minimum absolute atomic E-state index is 0.00845. The lowest BCUT2D eigenvalue weighted by molar-refractivity contribution is 0.157. The minimum atomic E-state index is -0.123. The number of allylic oxidation sites excluding steroid dienone is 1. The fourth-order valence-corrected chi connectivity index (χ4v) is 4.84. The Morgan fingerprint density at radius 3 is 2.80 bits per heavy atom. The molecule has 0 radical (unpaired) electrons. The maximum atomic E-state index is 12.5. The molecular formula is C23H26N4O3. The van der Waals surface area contributed by atoms with Gasteiger partial charge in [0.2, 0.25) is 0 Å². The summed E-state index contributed by atoms with van der Waals surface area (Å²) in [5.41, 5.74) is 1.19. The predicted molar refractivity (Wildman–Crippen MR) is 115 cm³/mol. The third kappa shape index (κ3) is 3.65. The summed E-state index contributed by atoms with van der Waals surface area (Å²) in [6, 6.07) is 7.11. The second kappa shape index (κ2) is 8.07. The van der Waals surface area contributed by atoms with E-state index in [0.29, 0.717) is 17.7 Å². The van der Waals surface area contributed by atoms with Gasteiger partial charge >= 0.3 is 0 Å². The van der Waals surface area contributed by atoms with Crippen molar-refractivity contribution in [3.63, 3.8) is 0 Å². The first kappa shape index (κ1) is 19.1. The van der Waals surface area contributed by atoms with Crippen LogP contribution in [0.3, 0.4) is 0 Å². The molecule has 1 atom stereocenters. The minimum Gasteiger partial charge on any atom is -0.465 e. The smallest absolute Gasteiger partial charge is 0.270 e. The summed E-state index contributed by atoms with van der Waals surface area (Å²) in [5, 5.41) is 0. The van der Waals surface area contributed by atoms with Crippen molar-refractivity contribution in [3.05, 3.63) is 69.3 Å². The van der Waals surface area contributed by atoms with Gasteiger partial charge in [-0.25, -0.2) is 4.98 Å². The number of nitrogens with zero attached hydrogens (tertiary/aromatic N) is 4. The van der Waals surface area contributed by atoms with Crippen LogP contribution in [-0.4, -0.2) is 38.7 Å². The molecule has 5 rings (SSSR count). The zero-order chi connectivity index (χ0) is 20.5. The maximum Gasteiger partial charge on any atom is 0.270 e. The maximum absolute atomic E-state index is 12.5. The van der Waals surface area contributed by atoms with Gasteiger partial charge in [0.25, 0.3) is 11.1 Å². The van der Waals surface area contributed by atoms with Crippen LogP contribution in [-0.2, 0) is 6.54 Å². The molecule has 30 heavy (non-hydrogen) atoms. The van der Waals surface area contributed by atoms with Gasteiger partial charge in [-0.2, -0.15) is 0 Å². The highest BCUT2D eigenvalue weighted by molar-refractivity contribution is 5.71. The molecule has 2 aliphatic rings. The molecule has 3 aromatic rings. The standard InChI is InChI=1S/C23H26N4O3/c28-21-8-7-20-23-26(21)16-18(27(23)22(29)14-24-20)15-25-11-9-17(10-12-25)4-1-2-5-19-6-3-13-30-19/h2-3,5-8,13-14,17-18H,1,4,9-12,15-16H2/b5-2+. The van der Waals surface area contributed by atoms with Crippen LogP contribution in [0.2, 0.25) is 0 Å². The molecular weight excluding hydrogens is 380 g/mol. The molecule has 1 unspecified atom stereocenters. The highest BCUT2D eigenvalue weighted by Gasteiger charge is 2.29. The fraction of sp³-hybridized carbons (Fsp3) is 0.435. The number of rotatable bonds is 6. The van der Waals surface area contributed by atoms with Crippen LogP contribution in [0.5, 0.6) is 0 Å². The average molecular weight is 406 g/mol. The Morgan fingerprint density at radius 1 is 1.13 bits per heavy atom. The summed E-state index contributed by atoms with van der Waals surface area (Å²) in [6.45, 7) is 3.43. The number of aromatic nitrogens is 3. The first-order valence-corrected chi connectivity index (χ1v) is 10.7. The lowest BCUT2D eigenvalue weighted by atomic mass is 9.92. The Hall–Kier alpha value is -2.93. The zero-order valence-electron chi connectivity index (χ0n) is 16.9. The molecule has 5 heterocycles. The summed E-state index contributed by atoms with van der Waals surface area (Å²) in [5.74, 6) is 1.64. The van der Waals surface area contributed by atoms with Crippen molar-refractivity contribution in [3.8, 4) is 0 Å². The first-order valence-electron chi connectivity index (χ1n) is 10.7. The van der Waals surface area contributed by atoms with Crippen LogP contribution in [0.15, 0.2) is 56.8 Å². The van der Waals surface area contributed by atoms with E-state index in [1.165, 1.54) is 25.5 Å². The summed E-state index contributed by atoms with van der Waals surface area (Å²) in [6.07, 6.45) is 11.9. The first-order chi connectivity index (χ1) is 14.7. The summed E-state index contributed by atoms with van der Waals surface area (Å²) in [7, 11) is 0. The molecule has 156 valence electrons. The molecule has 0 spiro atoms. The molecule has 0 aliphatic carbocycles. The lowest BCUT2D eigenvalue weighted by Gasteiger charge is -2.33. The normalized spacial score (nSPS) is 19.9. The van der Waals surface area contributed by atoms with Gasteiger partial charge in [-0.15, -0.1) is 0 Å². The molecule has 1 saturated heterocycles. The largest absolute Gasteiger partial charge is 0.465 e. The van der Waals surface area contributed by atoms with E-state index in [4.69, 9.17) is 4.42 Å². The van der Waals surface area contributed by atoms with Gasteiger partial charge < -0.3 is 9.32 Å². The van der Waals surface area contributed by atoms with Crippen LogP contribution < -0.4 is 11.1 Å². The van der Waals surface area contributed by atoms with E-state index in [9.17, 15) is 9.59 Å². The number of pyridine rings is 1. The van der Waals surface area contributed by atoms with Crippen molar-refractivity contribution in [1.29, 1.82) is 0 Å². The third-order valence-corrected chi connectivity index (χ3v) is 6.42. The SMILES string of the molecule is O=c1ccc2ncc(=O)n3c2n1CC3CN1CCC(CC/C=C/c2ccco2)CC1. The third-order valence-electron chi connectivity index (χ3n) is 6.42. The molecule has 0 N–H and O–H groups in total. The van der Waals surface area contributed by atoms with E-state index in [2.05, 4.69) is 16.0 Å². The monoisotopic (exact) mass is 406 g/mol. The van der Waals surface area contributed by atoms with E-state index < -0.39 is 0 Å². The van der Waals surface area contributed by atoms with Gasteiger partial charge in [0.15, 0.2) is 0 Å².